The molecule has 8 nitrogen and oxygen atoms in total. The summed E-state index contributed by atoms with van der Waals surface area (Å²) in [5.41, 5.74) is 2.67. The minimum atomic E-state index is 0.531. The van der Waals surface area contributed by atoms with Gasteiger partial charge in [-0.25, -0.2) is 9.97 Å². The fourth-order valence-corrected chi connectivity index (χ4v) is 3.38. The Bertz CT molecular complexity index is 1090. The highest BCUT2D eigenvalue weighted by Gasteiger charge is 2.20. The highest BCUT2D eigenvalue weighted by molar-refractivity contribution is 5.65. The summed E-state index contributed by atoms with van der Waals surface area (Å²) in [7, 11) is 1.87. The van der Waals surface area contributed by atoms with Crippen molar-refractivity contribution in [3.8, 4) is 11.3 Å². The topological polar surface area (TPSA) is 85.8 Å². The first-order valence-corrected chi connectivity index (χ1v) is 9.18. The summed E-state index contributed by atoms with van der Waals surface area (Å²) in [6.07, 6.45) is 10.5. The van der Waals surface area contributed by atoms with Gasteiger partial charge in [-0.2, -0.15) is 5.10 Å². The Balaban J connectivity index is 1.43. The van der Waals surface area contributed by atoms with Gasteiger partial charge in [-0.3, -0.25) is 9.08 Å². The maximum atomic E-state index is 4.62. The second-order valence-corrected chi connectivity index (χ2v) is 6.99. The molecule has 0 saturated heterocycles. The molecule has 0 atom stereocenters. The maximum absolute atomic E-state index is 4.62. The fourth-order valence-electron chi connectivity index (χ4n) is 3.38. The lowest BCUT2D eigenvalue weighted by atomic mass is 9.83. The van der Waals surface area contributed by atoms with E-state index in [2.05, 4.69) is 41.0 Å². The molecule has 4 heterocycles. The molecule has 0 amide bonds. The van der Waals surface area contributed by atoms with Crippen LogP contribution in [-0.4, -0.2) is 34.3 Å². The Hall–Kier alpha value is -3.29. The zero-order chi connectivity index (χ0) is 18.2. The molecule has 27 heavy (non-hydrogen) atoms. The summed E-state index contributed by atoms with van der Waals surface area (Å²) in [5.74, 6) is 3.17. The largest absolute Gasteiger partial charge is 0.309 e. The number of aromatic nitrogens is 7. The van der Waals surface area contributed by atoms with Gasteiger partial charge in [-0.15, -0.1) is 10.2 Å². The first kappa shape index (κ1) is 15.9. The number of hydrogen-bond acceptors (Lipinski definition) is 6. The lowest BCUT2D eigenvalue weighted by Gasteiger charge is -2.24. The van der Waals surface area contributed by atoms with Gasteiger partial charge in [0, 0.05) is 37.5 Å². The number of nitrogens with zero attached hydrogens (tertiary/aromatic N) is 7. The van der Waals surface area contributed by atoms with Crippen LogP contribution >= 0.6 is 0 Å². The SMILES string of the molecule is Cn1nccc1Nc1nccc(-c2ccn3c(CC4CCC4)nnc3c2)n1. The van der Waals surface area contributed by atoms with Crippen LogP contribution in [0.15, 0.2) is 42.9 Å². The molecule has 0 aromatic carbocycles. The molecule has 0 spiro atoms. The molecule has 1 fully saturated rings. The molecule has 0 radical (unpaired) electrons. The predicted octanol–water partition coefficient (Wildman–Crippen LogP) is 3.01. The second kappa shape index (κ2) is 6.46. The van der Waals surface area contributed by atoms with Crippen LogP contribution in [0.2, 0.25) is 0 Å². The van der Waals surface area contributed by atoms with Gasteiger partial charge in [-0.05, 0) is 24.1 Å². The molecule has 8 heteroatoms. The molecule has 0 bridgehead atoms. The smallest absolute Gasteiger partial charge is 0.228 e. The summed E-state index contributed by atoms with van der Waals surface area (Å²) in [5, 5.41) is 16.1. The van der Waals surface area contributed by atoms with Gasteiger partial charge in [0.1, 0.15) is 11.6 Å². The minimum Gasteiger partial charge on any atom is -0.309 e. The zero-order valence-electron chi connectivity index (χ0n) is 15.1. The van der Waals surface area contributed by atoms with Gasteiger partial charge >= 0.3 is 0 Å². The number of anilines is 2. The molecule has 0 unspecified atom stereocenters. The van der Waals surface area contributed by atoms with Crippen LogP contribution in [0.25, 0.3) is 16.9 Å². The molecule has 136 valence electrons. The molecular weight excluding hydrogens is 340 g/mol. The lowest BCUT2D eigenvalue weighted by molar-refractivity contribution is 0.308. The second-order valence-electron chi connectivity index (χ2n) is 6.99. The Morgan fingerprint density at radius 2 is 2.07 bits per heavy atom. The Labute approximate surface area is 156 Å². The van der Waals surface area contributed by atoms with Crippen molar-refractivity contribution in [3.05, 3.63) is 48.7 Å². The number of rotatable bonds is 5. The summed E-state index contributed by atoms with van der Waals surface area (Å²) in [6.45, 7) is 0. The van der Waals surface area contributed by atoms with E-state index in [0.29, 0.717) is 5.95 Å². The predicted molar refractivity (Wildman–Crippen MR) is 102 cm³/mol. The number of nitrogens with one attached hydrogen (secondary N) is 1. The van der Waals surface area contributed by atoms with Crippen molar-refractivity contribution < 1.29 is 0 Å². The van der Waals surface area contributed by atoms with Crippen molar-refractivity contribution in [3.63, 3.8) is 0 Å². The van der Waals surface area contributed by atoms with E-state index in [1.165, 1.54) is 19.3 Å². The lowest BCUT2D eigenvalue weighted by Crippen LogP contribution is -2.15. The molecular formula is C19H20N8. The first-order chi connectivity index (χ1) is 13.3. The van der Waals surface area contributed by atoms with Crippen molar-refractivity contribution in [2.75, 3.05) is 5.32 Å². The summed E-state index contributed by atoms with van der Waals surface area (Å²) in [6, 6.07) is 7.85. The van der Waals surface area contributed by atoms with Gasteiger partial charge in [0.05, 0.1) is 11.9 Å². The van der Waals surface area contributed by atoms with Gasteiger partial charge in [0.15, 0.2) is 5.65 Å². The van der Waals surface area contributed by atoms with Crippen molar-refractivity contribution >= 4 is 17.4 Å². The van der Waals surface area contributed by atoms with Gasteiger partial charge < -0.3 is 5.32 Å². The average Bonchev–Trinajstić information content (AvgIpc) is 3.24. The first-order valence-electron chi connectivity index (χ1n) is 9.18. The van der Waals surface area contributed by atoms with Crippen molar-refractivity contribution in [1.29, 1.82) is 0 Å². The van der Waals surface area contributed by atoms with E-state index < -0.39 is 0 Å². The number of fused-ring (bicyclic) bond motifs is 1. The van der Waals surface area contributed by atoms with Gasteiger partial charge in [-0.1, -0.05) is 19.3 Å². The van der Waals surface area contributed by atoms with Crippen LogP contribution in [0.5, 0.6) is 0 Å². The average molecular weight is 360 g/mol. The maximum Gasteiger partial charge on any atom is 0.228 e. The van der Waals surface area contributed by atoms with E-state index in [1.54, 1.807) is 17.1 Å². The van der Waals surface area contributed by atoms with Crippen molar-refractivity contribution in [2.24, 2.45) is 13.0 Å². The third-order valence-electron chi connectivity index (χ3n) is 5.19. The Morgan fingerprint density at radius 1 is 1.15 bits per heavy atom. The highest BCUT2D eigenvalue weighted by Crippen LogP contribution is 2.29. The summed E-state index contributed by atoms with van der Waals surface area (Å²) >= 11 is 0. The molecule has 0 aliphatic heterocycles. The number of hydrogen-bond donors (Lipinski definition) is 1. The van der Waals surface area contributed by atoms with Crippen LogP contribution in [0.1, 0.15) is 25.1 Å². The number of aryl methyl sites for hydroxylation is 1. The molecule has 4 aromatic heterocycles. The Kier molecular flexibility index (Phi) is 3.81. The fraction of sp³-hybridized carbons (Fsp3) is 0.316. The number of pyridine rings is 1. The van der Waals surface area contributed by atoms with Crippen LogP contribution in [0.4, 0.5) is 11.8 Å². The standard InChI is InChI=1S/C19H20N8/c1-26-16(6-9-21-26)23-19-20-8-5-15(22-19)14-7-10-27-17(11-13-3-2-4-13)24-25-18(27)12-14/h5-10,12-13H,2-4,11H2,1H3,(H,20,22,23). The molecule has 4 aromatic rings. The monoisotopic (exact) mass is 360 g/mol. The molecule has 1 aliphatic rings. The zero-order valence-corrected chi connectivity index (χ0v) is 15.1. The van der Waals surface area contributed by atoms with E-state index in [4.69, 9.17) is 0 Å². The van der Waals surface area contributed by atoms with E-state index in [0.717, 1.165) is 40.9 Å². The molecule has 1 N–H and O–H groups in total. The van der Waals surface area contributed by atoms with Crippen LogP contribution in [0.3, 0.4) is 0 Å². The van der Waals surface area contributed by atoms with Crippen molar-refractivity contribution in [2.45, 2.75) is 25.7 Å². The minimum absolute atomic E-state index is 0.531. The van der Waals surface area contributed by atoms with E-state index in [-0.39, 0.29) is 0 Å². The van der Waals surface area contributed by atoms with Crippen LogP contribution in [0, 0.1) is 5.92 Å². The molecule has 1 aliphatic carbocycles. The van der Waals surface area contributed by atoms with Gasteiger partial charge in [0.2, 0.25) is 5.95 Å². The molecule has 5 rings (SSSR count). The summed E-state index contributed by atoms with van der Waals surface area (Å²) < 4.78 is 3.82. The highest BCUT2D eigenvalue weighted by atomic mass is 15.3. The molecule has 1 saturated carbocycles. The van der Waals surface area contributed by atoms with E-state index in [9.17, 15) is 0 Å². The third-order valence-corrected chi connectivity index (χ3v) is 5.19. The van der Waals surface area contributed by atoms with Crippen LogP contribution < -0.4 is 5.32 Å². The third kappa shape index (κ3) is 3.03. The summed E-state index contributed by atoms with van der Waals surface area (Å²) in [4.78, 5) is 8.92. The Morgan fingerprint density at radius 3 is 2.85 bits per heavy atom. The van der Waals surface area contributed by atoms with E-state index >= 15 is 0 Å². The van der Waals surface area contributed by atoms with Gasteiger partial charge in [0.25, 0.3) is 0 Å². The van der Waals surface area contributed by atoms with E-state index in [1.807, 2.05) is 31.4 Å². The normalized spacial score (nSPS) is 14.4. The quantitative estimate of drug-likeness (QED) is 0.589. The van der Waals surface area contributed by atoms with Crippen molar-refractivity contribution in [1.82, 2.24) is 34.3 Å². The van der Waals surface area contributed by atoms with Crippen LogP contribution in [-0.2, 0) is 13.5 Å².